The van der Waals surface area contributed by atoms with Crippen LogP contribution in [0.2, 0.25) is 0 Å². The maximum absolute atomic E-state index is 4.46. The molecular formula is C36H19N5S4. The van der Waals surface area contributed by atoms with Gasteiger partial charge in [0.25, 0.3) is 0 Å². The highest BCUT2D eigenvalue weighted by atomic mass is 32.1. The SMILES string of the molecule is c1ccc2c(c1)c(-n1c3ccsc3c3sccc31)cc1c2c2ccc(-n3c4ccsc4c4sccc43)cc2n1-c1cncnc1. The normalized spacial score (nSPS) is 12.4. The maximum Gasteiger partial charge on any atom is 0.115 e. The largest absolute Gasteiger partial charge is 0.307 e. The van der Waals surface area contributed by atoms with Crippen LogP contribution < -0.4 is 0 Å². The van der Waals surface area contributed by atoms with E-state index < -0.39 is 0 Å². The van der Waals surface area contributed by atoms with E-state index in [4.69, 9.17) is 0 Å². The first-order chi connectivity index (χ1) is 22.3. The van der Waals surface area contributed by atoms with Crippen molar-refractivity contribution in [3.63, 3.8) is 0 Å². The summed E-state index contributed by atoms with van der Waals surface area (Å²) < 4.78 is 12.6. The molecule has 5 nitrogen and oxygen atoms in total. The molecule has 0 radical (unpaired) electrons. The third-order valence-corrected chi connectivity index (χ3v) is 12.9. The fourth-order valence-corrected chi connectivity index (χ4v) is 11.1. The minimum absolute atomic E-state index is 0.943. The smallest absolute Gasteiger partial charge is 0.115 e. The molecule has 0 bridgehead atoms. The zero-order valence-electron chi connectivity index (χ0n) is 23.3. The predicted octanol–water partition coefficient (Wildman–Crippen LogP) is 11.2. The molecule has 212 valence electrons. The minimum atomic E-state index is 0.943. The van der Waals surface area contributed by atoms with Crippen LogP contribution in [0, 0.1) is 0 Å². The molecule has 0 aliphatic heterocycles. The second-order valence-electron chi connectivity index (χ2n) is 11.2. The van der Waals surface area contributed by atoms with Gasteiger partial charge < -0.3 is 13.7 Å². The molecule has 11 aromatic rings. The summed E-state index contributed by atoms with van der Waals surface area (Å²) in [5, 5.41) is 13.7. The molecule has 0 aliphatic carbocycles. The third-order valence-electron chi connectivity index (χ3n) is 8.99. The monoisotopic (exact) mass is 649 g/mol. The van der Waals surface area contributed by atoms with Gasteiger partial charge in [-0.15, -0.1) is 45.3 Å². The molecule has 8 heterocycles. The summed E-state index contributed by atoms with van der Waals surface area (Å²) in [5.41, 5.74) is 10.6. The van der Waals surface area contributed by atoms with Crippen molar-refractivity contribution in [2.24, 2.45) is 0 Å². The molecule has 0 N–H and O–H groups in total. The summed E-state index contributed by atoms with van der Waals surface area (Å²) in [6.45, 7) is 0. The van der Waals surface area contributed by atoms with Gasteiger partial charge in [0, 0.05) is 21.8 Å². The summed E-state index contributed by atoms with van der Waals surface area (Å²) in [6, 6.07) is 27.2. The van der Waals surface area contributed by atoms with E-state index in [9.17, 15) is 0 Å². The van der Waals surface area contributed by atoms with Crippen LogP contribution in [0.5, 0.6) is 0 Å². The summed E-state index contributed by atoms with van der Waals surface area (Å²) >= 11 is 7.27. The quantitative estimate of drug-likeness (QED) is 0.191. The van der Waals surface area contributed by atoms with E-state index in [1.54, 1.807) is 6.33 Å². The molecule has 0 saturated heterocycles. The first-order valence-corrected chi connectivity index (χ1v) is 18.0. The first-order valence-electron chi connectivity index (χ1n) is 14.5. The van der Waals surface area contributed by atoms with Gasteiger partial charge >= 0.3 is 0 Å². The first kappa shape index (κ1) is 24.5. The van der Waals surface area contributed by atoms with Gasteiger partial charge in [0.05, 0.1) is 75.7 Å². The van der Waals surface area contributed by atoms with Crippen molar-refractivity contribution in [2.75, 3.05) is 0 Å². The van der Waals surface area contributed by atoms with Gasteiger partial charge in [-0.2, -0.15) is 0 Å². The van der Waals surface area contributed by atoms with Gasteiger partial charge in [0.2, 0.25) is 0 Å². The summed E-state index contributed by atoms with van der Waals surface area (Å²) in [7, 11) is 0. The molecule has 8 aromatic heterocycles. The molecule has 3 aromatic carbocycles. The zero-order valence-corrected chi connectivity index (χ0v) is 26.6. The Kier molecular flexibility index (Phi) is 4.84. The van der Waals surface area contributed by atoms with Crippen molar-refractivity contribution in [3.8, 4) is 17.1 Å². The Balaban J connectivity index is 1.31. The van der Waals surface area contributed by atoms with E-state index in [1.807, 2.05) is 57.7 Å². The Morgan fingerprint density at radius 3 is 1.62 bits per heavy atom. The van der Waals surface area contributed by atoms with Crippen LogP contribution >= 0.6 is 45.3 Å². The van der Waals surface area contributed by atoms with Gasteiger partial charge in [-0.25, -0.2) is 9.97 Å². The molecule has 0 saturated carbocycles. The number of rotatable bonds is 3. The molecule has 0 unspecified atom stereocenters. The number of thiophene rings is 4. The van der Waals surface area contributed by atoms with Crippen LogP contribution in [0.4, 0.5) is 0 Å². The Labute approximate surface area is 271 Å². The number of hydrogen-bond donors (Lipinski definition) is 0. The summed E-state index contributed by atoms with van der Waals surface area (Å²) in [4.78, 5) is 8.92. The van der Waals surface area contributed by atoms with E-state index in [1.165, 1.54) is 68.1 Å². The average molecular weight is 650 g/mol. The predicted molar refractivity (Wildman–Crippen MR) is 194 cm³/mol. The summed E-state index contributed by atoms with van der Waals surface area (Å²) in [5.74, 6) is 0. The minimum Gasteiger partial charge on any atom is -0.307 e. The number of nitrogens with zero attached hydrogens (tertiary/aromatic N) is 5. The third kappa shape index (κ3) is 3.15. The van der Waals surface area contributed by atoms with Crippen LogP contribution in [0.3, 0.4) is 0 Å². The highest BCUT2D eigenvalue weighted by molar-refractivity contribution is 7.26. The van der Waals surface area contributed by atoms with E-state index >= 15 is 0 Å². The van der Waals surface area contributed by atoms with Gasteiger partial charge in [0.1, 0.15) is 6.33 Å². The molecule has 11 rings (SSSR count). The Bertz CT molecular complexity index is 2850. The lowest BCUT2D eigenvalue weighted by molar-refractivity contribution is 1.07. The van der Waals surface area contributed by atoms with Crippen LogP contribution in [-0.4, -0.2) is 23.7 Å². The Hall–Kier alpha value is -4.80. The van der Waals surface area contributed by atoms with Crippen LogP contribution in [-0.2, 0) is 0 Å². The number of hydrogen-bond acceptors (Lipinski definition) is 6. The molecular weight excluding hydrogens is 631 g/mol. The van der Waals surface area contributed by atoms with Crippen molar-refractivity contribution in [2.45, 2.75) is 0 Å². The highest BCUT2D eigenvalue weighted by Gasteiger charge is 2.22. The van der Waals surface area contributed by atoms with Crippen molar-refractivity contribution in [1.29, 1.82) is 0 Å². The van der Waals surface area contributed by atoms with Crippen molar-refractivity contribution < 1.29 is 0 Å². The topological polar surface area (TPSA) is 40.6 Å². The van der Waals surface area contributed by atoms with Crippen LogP contribution in [0.15, 0.2) is 113 Å². The van der Waals surface area contributed by atoms with Gasteiger partial charge in [-0.3, -0.25) is 0 Å². The Morgan fingerprint density at radius 2 is 1.00 bits per heavy atom. The van der Waals surface area contributed by atoms with Crippen molar-refractivity contribution in [3.05, 3.63) is 113 Å². The second-order valence-corrected chi connectivity index (χ2v) is 14.8. The Morgan fingerprint density at radius 1 is 0.444 bits per heavy atom. The molecule has 0 fully saturated rings. The van der Waals surface area contributed by atoms with Gasteiger partial charge in [0.15, 0.2) is 0 Å². The zero-order chi connectivity index (χ0) is 29.2. The molecule has 0 atom stereocenters. The molecule has 0 amide bonds. The fraction of sp³-hybridized carbons (Fsp3) is 0. The lowest BCUT2D eigenvalue weighted by atomic mass is 10.0. The lowest BCUT2D eigenvalue weighted by Crippen LogP contribution is -1.99. The molecule has 0 aliphatic rings. The highest BCUT2D eigenvalue weighted by Crippen LogP contribution is 2.45. The van der Waals surface area contributed by atoms with E-state index in [-0.39, 0.29) is 0 Å². The second kappa shape index (κ2) is 8.89. The summed E-state index contributed by atoms with van der Waals surface area (Å²) in [6.07, 6.45) is 5.44. The molecule has 0 spiro atoms. The van der Waals surface area contributed by atoms with Crippen molar-refractivity contribution in [1.82, 2.24) is 23.7 Å². The van der Waals surface area contributed by atoms with Gasteiger partial charge in [-0.1, -0.05) is 30.3 Å². The van der Waals surface area contributed by atoms with Crippen LogP contribution in [0.25, 0.3) is 90.5 Å². The molecule has 45 heavy (non-hydrogen) atoms. The van der Waals surface area contributed by atoms with Crippen molar-refractivity contribution >= 4 is 119 Å². The molecule has 9 heteroatoms. The standard InChI is InChI=1S/C36H19N5S4/c1-2-4-23-22(3-1)30(41-27-9-13-44-35(27)36-28(41)10-14-45-36)16-31-32(23)24-6-5-20(15-29(24)40(31)21-17-37-19-38-18-21)39-25-7-11-42-33(25)34-26(39)8-12-43-34/h1-19H. The number of benzene rings is 3. The van der Waals surface area contributed by atoms with E-state index in [0.717, 1.165) is 22.4 Å². The van der Waals surface area contributed by atoms with Gasteiger partial charge in [-0.05, 0) is 69.4 Å². The maximum atomic E-state index is 4.46. The fourth-order valence-electron chi connectivity index (χ4n) is 7.25. The number of aromatic nitrogens is 5. The number of fused-ring (bicyclic) bond motifs is 11. The lowest BCUT2D eigenvalue weighted by Gasteiger charge is -2.14. The van der Waals surface area contributed by atoms with Crippen LogP contribution in [0.1, 0.15) is 0 Å². The van der Waals surface area contributed by atoms with E-state index in [2.05, 4.69) is 118 Å². The van der Waals surface area contributed by atoms with E-state index in [0.29, 0.717) is 0 Å². The average Bonchev–Trinajstić information content (AvgIpc) is 3.91.